The average molecular weight is 240 g/mol. The number of nitrogens with zero attached hydrogens (tertiary/aromatic N) is 2. The average Bonchev–Trinajstić information content (AvgIpc) is 2.83. The lowest BCUT2D eigenvalue weighted by Gasteiger charge is -1.93. The van der Waals surface area contributed by atoms with E-state index in [9.17, 15) is 4.79 Å². The summed E-state index contributed by atoms with van der Waals surface area (Å²) >= 11 is 0. The third kappa shape index (κ3) is 1.62. The smallest absolute Gasteiger partial charge is 0.339 e. The molecule has 0 bridgehead atoms. The molecule has 0 radical (unpaired) electrons. The molecule has 0 aliphatic heterocycles. The molecule has 3 aromatic rings. The molecule has 0 fully saturated rings. The predicted molar refractivity (Wildman–Crippen MR) is 64.2 cm³/mol. The lowest BCUT2D eigenvalue weighted by molar-refractivity contribution is 0.0698. The van der Waals surface area contributed by atoms with Crippen molar-refractivity contribution in [1.82, 2.24) is 9.97 Å². The van der Waals surface area contributed by atoms with Crippen molar-refractivity contribution in [2.24, 2.45) is 0 Å². The number of hydrogen-bond donors (Lipinski definition) is 1. The predicted octanol–water partition coefficient (Wildman–Crippen LogP) is 2.59. The summed E-state index contributed by atoms with van der Waals surface area (Å²) in [5, 5.41) is 9.06. The summed E-state index contributed by atoms with van der Waals surface area (Å²) in [4.78, 5) is 19.4. The van der Waals surface area contributed by atoms with Crippen LogP contribution in [0.5, 0.6) is 0 Å². The van der Waals surface area contributed by atoms with Crippen LogP contribution in [0.3, 0.4) is 0 Å². The van der Waals surface area contributed by atoms with E-state index in [0.29, 0.717) is 17.1 Å². The molecule has 0 spiro atoms. The summed E-state index contributed by atoms with van der Waals surface area (Å²) in [7, 11) is 0. The zero-order valence-electron chi connectivity index (χ0n) is 9.20. The normalized spacial score (nSPS) is 10.7. The molecule has 0 atom stereocenters. The Kier molecular flexibility index (Phi) is 2.30. The van der Waals surface area contributed by atoms with Gasteiger partial charge >= 0.3 is 5.97 Å². The van der Waals surface area contributed by atoms with Crippen molar-refractivity contribution in [3.05, 3.63) is 48.2 Å². The number of carbonyl (C=O) groups is 1. The number of carboxylic acids is 1. The zero-order valence-corrected chi connectivity index (χ0v) is 9.20. The highest BCUT2D eigenvalue weighted by molar-refractivity contribution is 6.00. The highest BCUT2D eigenvalue weighted by atomic mass is 16.4. The zero-order chi connectivity index (χ0) is 12.5. The first-order valence-corrected chi connectivity index (χ1v) is 5.30. The van der Waals surface area contributed by atoms with E-state index in [2.05, 4.69) is 9.97 Å². The van der Waals surface area contributed by atoms with E-state index < -0.39 is 5.97 Å². The highest BCUT2D eigenvalue weighted by Crippen LogP contribution is 2.25. The van der Waals surface area contributed by atoms with Gasteiger partial charge in [0.1, 0.15) is 16.8 Å². The van der Waals surface area contributed by atoms with Crippen LogP contribution in [-0.2, 0) is 0 Å². The number of aromatic carboxylic acids is 1. The number of pyridine rings is 1. The second-order valence-corrected chi connectivity index (χ2v) is 3.69. The second-order valence-electron chi connectivity index (χ2n) is 3.69. The summed E-state index contributed by atoms with van der Waals surface area (Å²) in [6.45, 7) is 0. The topological polar surface area (TPSA) is 76.2 Å². The molecule has 1 N–H and O–H groups in total. The van der Waals surface area contributed by atoms with E-state index >= 15 is 0 Å². The van der Waals surface area contributed by atoms with Crippen molar-refractivity contribution in [2.45, 2.75) is 0 Å². The lowest BCUT2D eigenvalue weighted by atomic mass is 10.2. The molecule has 3 rings (SSSR count). The van der Waals surface area contributed by atoms with Gasteiger partial charge in [-0.2, -0.15) is 0 Å². The Labute approximate surface area is 102 Å². The van der Waals surface area contributed by atoms with Gasteiger partial charge in [-0.3, -0.25) is 4.98 Å². The molecule has 0 saturated carbocycles. The summed E-state index contributed by atoms with van der Waals surface area (Å²) in [5.41, 5.74) is 1.45. The van der Waals surface area contributed by atoms with Crippen LogP contribution in [0.1, 0.15) is 10.4 Å². The van der Waals surface area contributed by atoms with Crippen molar-refractivity contribution < 1.29 is 14.3 Å². The number of oxazole rings is 1. The van der Waals surface area contributed by atoms with E-state index in [1.54, 1.807) is 30.5 Å². The van der Waals surface area contributed by atoms with Crippen molar-refractivity contribution in [3.63, 3.8) is 0 Å². The fourth-order valence-corrected chi connectivity index (χ4v) is 1.72. The molecule has 1 aromatic carbocycles. The van der Waals surface area contributed by atoms with E-state index in [1.165, 1.54) is 6.07 Å². The van der Waals surface area contributed by atoms with Gasteiger partial charge in [0.15, 0.2) is 5.58 Å². The summed E-state index contributed by atoms with van der Waals surface area (Å²) in [6, 6.07) is 10.2. The maximum Gasteiger partial charge on any atom is 0.339 e. The maximum atomic E-state index is 11.1. The molecule has 2 aromatic heterocycles. The van der Waals surface area contributed by atoms with Crippen molar-refractivity contribution >= 4 is 17.1 Å². The van der Waals surface area contributed by atoms with Crippen LogP contribution in [-0.4, -0.2) is 21.0 Å². The van der Waals surface area contributed by atoms with Gasteiger partial charge < -0.3 is 9.52 Å². The molecule has 0 saturated heterocycles. The fraction of sp³-hybridized carbons (Fsp3) is 0. The molecule has 0 amide bonds. The Morgan fingerprint density at radius 2 is 2.06 bits per heavy atom. The van der Waals surface area contributed by atoms with Crippen LogP contribution in [0.15, 0.2) is 47.0 Å². The van der Waals surface area contributed by atoms with Crippen molar-refractivity contribution in [1.29, 1.82) is 0 Å². The van der Waals surface area contributed by atoms with Crippen LogP contribution < -0.4 is 0 Å². The Hall–Kier alpha value is -2.69. The fourth-order valence-electron chi connectivity index (χ4n) is 1.72. The SMILES string of the molecule is O=C(O)c1cccc2nc(-c3ccccn3)oc12. The minimum atomic E-state index is -1.04. The molecule has 2 heterocycles. The Balaban J connectivity index is 2.23. The number of hydrogen-bond acceptors (Lipinski definition) is 4. The maximum absolute atomic E-state index is 11.1. The van der Waals surface area contributed by atoms with Crippen LogP contribution in [0.2, 0.25) is 0 Å². The van der Waals surface area contributed by atoms with Gasteiger partial charge in [-0.05, 0) is 24.3 Å². The molecular weight excluding hydrogens is 232 g/mol. The van der Waals surface area contributed by atoms with Gasteiger partial charge in [0.05, 0.1) is 0 Å². The van der Waals surface area contributed by atoms with Crippen LogP contribution in [0.4, 0.5) is 0 Å². The van der Waals surface area contributed by atoms with Crippen molar-refractivity contribution in [2.75, 3.05) is 0 Å². The van der Waals surface area contributed by atoms with Crippen LogP contribution >= 0.6 is 0 Å². The molecular formula is C13H8N2O3. The van der Waals surface area contributed by atoms with Gasteiger partial charge in [-0.15, -0.1) is 0 Å². The van der Waals surface area contributed by atoms with Gasteiger partial charge in [0, 0.05) is 6.20 Å². The third-order valence-corrected chi connectivity index (χ3v) is 2.53. The summed E-state index contributed by atoms with van der Waals surface area (Å²) in [5.74, 6) is -0.719. The lowest BCUT2D eigenvalue weighted by Crippen LogP contribution is -1.95. The molecule has 0 aliphatic carbocycles. The Bertz CT molecular complexity index is 719. The summed E-state index contributed by atoms with van der Waals surface area (Å²) < 4.78 is 5.49. The third-order valence-electron chi connectivity index (χ3n) is 2.53. The van der Waals surface area contributed by atoms with Crippen LogP contribution in [0, 0.1) is 0 Å². The molecule has 5 heteroatoms. The number of aromatic nitrogens is 2. The van der Waals surface area contributed by atoms with E-state index in [-0.39, 0.29) is 11.1 Å². The van der Waals surface area contributed by atoms with E-state index in [1.807, 2.05) is 6.07 Å². The number of para-hydroxylation sites is 1. The Morgan fingerprint density at radius 3 is 2.78 bits per heavy atom. The summed E-state index contributed by atoms with van der Waals surface area (Å²) in [6.07, 6.45) is 1.63. The first-order valence-electron chi connectivity index (χ1n) is 5.30. The standard InChI is InChI=1S/C13H8N2O3/c16-13(17)8-4-3-6-9-11(8)18-12(15-9)10-5-1-2-7-14-10/h1-7H,(H,16,17). The molecule has 5 nitrogen and oxygen atoms in total. The van der Waals surface area contributed by atoms with Crippen molar-refractivity contribution in [3.8, 4) is 11.6 Å². The number of benzene rings is 1. The van der Waals surface area contributed by atoms with Crippen LogP contribution in [0.25, 0.3) is 22.7 Å². The first kappa shape index (κ1) is 10.5. The quantitative estimate of drug-likeness (QED) is 0.745. The van der Waals surface area contributed by atoms with E-state index in [4.69, 9.17) is 9.52 Å². The molecule has 88 valence electrons. The highest BCUT2D eigenvalue weighted by Gasteiger charge is 2.15. The monoisotopic (exact) mass is 240 g/mol. The number of rotatable bonds is 2. The Morgan fingerprint density at radius 1 is 1.17 bits per heavy atom. The molecule has 18 heavy (non-hydrogen) atoms. The van der Waals surface area contributed by atoms with E-state index in [0.717, 1.165) is 0 Å². The second kappa shape index (κ2) is 3.96. The van der Waals surface area contributed by atoms with Gasteiger partial charge in [-0.25, -0.2) is 9.78 Å². The largest absolute Gasteiger partial charge is 0.478 e. The minimum absolute atomic E-state index is 0.0992. The van der Waals surface area contributed by atoms with Gasteiger partial charge in [-0.1, -0.05) is 12.1 Å². The number of carboxylic acid groups (broad SMARTS) is 1. The van der Waals surface area contributed by atoms with Gasteiger partial charge in [0.25, 0.3) is 0 Å². The number of fused-ring (bicyclic) bond motifs is 1. The molecule has 0 aliphatic rings. The molecule has 0 unspecified atom stereocenters. The minimum Gasteiger partial charge on any atom is -0.478 e. The van der Waals surface area contributed by atoms with Gasteiger partial charge in [0.2, 0.25) is 5.89 Å². The first-order chi connectivity index (χ1) is 8.75.